The van der Waals surface area contributed by atoms with E-state index >= 15 is 0 Å². The van der Waals surface area contributed by atoms with E-state index in [2.05, 4.69) is 27.3 Å². The third kappa shape index (κ3) is 3.56. The minimum absolute atomic E-state index is 0.122. The molecule has 4 heteroatoms. The van der Waals surface area contributed by atoms with Gasteiger partial charge in [0.1, 0.15) is 5.71 Å². The number of nitrogens with zero attached hydrogens (tertiary/aromatic N) is 2. The number of carbonyl (C=O) groups is 1. The molecule has 0 aliphatic carbocycles. The first-order valence-corrected chi connectivity index (χ1v) is 9.52. The molecule has 1 amide bonds. The third-order valence-electron chi connectivity index (χ3n) is 5.32. The van der Waals surface area contributed by atoms with Gasteiger partial charge in [-0.3, -0.25) is 4.79 Å². The summed E-state index contributed by atoms with van der Waals surface area (Å²) in [6, 6.07) is 14.2. The van der Waals surface area contributed by atoms with E-state index in [1.165, 1.54) is 37.9 Å². The van der Waals surface area contributed by atoms with Crippen molar-refractivity contribution in [3.8, 4) is 0 Å². The van der Waals surface area contributed by atoms with Crippen molar-refractivity contribution in [2.45, 2.75) is 32.6 Å². The van der Waals surface area contributed by atoms with Crippen molar-refractivity contribution in [1.82, 2.24) is 4.90 Å². The molecule has 2 heterocycles. The molecule has 0 aromatic heterocycles. The molecular formula is C22H25N3O. The second-order valence-corrected chi connectivity index (χ2v) is 7.23. The minimum atomic E-state index is -0.122. The highest BCUT2D eigenvalue weighted by Crippen LogP contribution is 2.28. The van der Waals surface area contributed by atoms with Crippen molar-refractivity contribution in [2.75, 3.05) is 25.0 Å². The predicted molar refractivity (Wildman–Crippen MR) is 106 cm³/mol. The fourth-order valence-electron chi connectivity index (χ4n) is 3.82. The smallest absolute Gasteiger partial charge is 0.275 e. The Hall–Kier alpha value is -2.46. The molecule has 2 aliphatic heterocycles. The van der Waals surface area contributed by atoms with Crippen LogP contribution < -0.4 is 5.32 Å². The van der Waals surface area contributed by atoms with E-state index < -0.39 is 0 Å². The van der Waals surface area contributed by atoms with Crippen LogP contribution in [0, 0.1) is 6.92 Å². The Labute approximate surface area is 154 Å². The molecule has 0 bridgehead atoms. The maximum Gasteiger partial charge on any atom is 0.275 e. The van der Waals surface area contributed by atoms with Crippen molar-refractivity contribution in [3.63, 3.8) is 0 Å². The van der Waals surface area contributed by atoms with E-state index in [-0.39, 0.29) is 5.91 Å². The lowest BCUT2D eigenvalue weighted by molar-refractivity contribution is -0.110. The molecule has 0 radical (unpaired) electrons. The van der Waals surface area contributed by atoms with Gasteiger partial charge in [0.2, 0.25) is 0 Å². The van der Waals surface area contributed by atoms with E-state index in [0.29, 0.717) is 5.71 Å². The molecule has 0 unspecified atom stereocenters. The standard InChI is InChI=1S/C22H25N3O/c1-16-6-5-7-19-20(16)21(22(26)24-19)23-18-10-8-17(9-11-18)12-15-25-13-3-2-4-14-25/h5-11H,2-4,12-15H2,1H3,(H,23,24,26). The number of aryl methyl sites for hydroxylation is 1. The van der Waals surface area contributed by atoms with E-state index in [1.807, 2.05) is 37.3 Å². The number of aliphatic imine (C=N–C) groups is 1. The molecule has 1 fully saturated rings. The van der Waals surface area contributed by atoms with Gasteiger partial charge in [0.05, 0.1) is 11.4 Å². The zero-order valence-electron chi connectivity index (χ0n) is 15.3. The summed E-state index contributed by atoms with van der Waals surface area (Å²) in [7, 11) is 0. The van der Waals surface area contributed by atoms with Gasteiger partial charge in [-0.1, -0.05) is 30.7 Å². The Kier molecular flexibility index (Phi) is 4.85. The van der Waals surface area contributed by atoms with Crippen molar-refractivity contribution in [1.29, 1.82) is 0 Å². The molecule has 1 saturated heterocycles. The average Bonchev–Trinajstić information content (AvgIpc) is 2.99. The molecule has 0 atom stereocenters. The number of amides is 1. The van der Waals surface area contributed by atoms with Crippen LogP contribution >= 0.6 is 0 Å². The fourth-order valence-corrected chi connectivity index (χ4v) is 3.82. The Bertz CT molecular complexity index is 833. The van der Waals surface area contributed by atoms with Crippen LogP contribution in [0.1, 0.15) is 36.0 Å². The summed E-state index contributed by atoms with van der Waals surface area (Å²) in [5, 5.41) is 2.90. The largest absolute Gasteiger partial charge is 0.320 e. The molecule has 0 saturated carbocycles. The third-order valence-corrected chi connectivity index (χ3v) is 5.32. The van der Waals surface area contributed by atoms with Crippen LogP contribution in [0.5, 0.6) is 0 Å². The summed E-state index contributed by atoms with van der Waals surface area (Å²) >= 11 is 0. The molecule has 0 spiro atoms. The van der Waals surface area contributed by atoms with E-state index in [4.69, 9.17) is 0 Å². The Morgan fingerprint density at radius 3 is 2.58 bits per heavy atom. The first-order valence-electron chi connectivity index (χ1n) is 9.52. The van der Waals surface area contributed by atoms with Gasteiger partial charge in [-0.15, -0.1) is 0 Å². The van der Waals surface area contributed by atoms with Crippen LogP contribution in [0.3, 0.4) is 0 Å². The topological polar surface area (TPSA) is 44.7 Å². The molecule has 2 aromatic rings. The quantitative estimate of drug-likeness (QED) is 0.905. The lowest BCUT2D eigenvalue weighted by Gasteiger charge is -2.26. The molecule has 2 aliphatic rings. The van der Waals surface area contributed by atoms with Crippen LogP contribution in [0.2, 0.25) is 0 Å². The normalized spacial score (nSPS) is 18.8. The molecule has 26 heavy (non-hydrogen) atoms. The van der Waals surface area contributed by atoms with Gasteiger partial charge in [0, 0.05) is 12.1 Å². The number of piperidine rings is 1. The average molecular weight is 347 g/mol. The first kappa shape index (κ1) is 17.0. The van der Waals surface area contributed by atoms with Crippen LogP contribution in [-0.2, 0) is 11.2 Å². The van der Waals surface area contributed by atoms with Gasteiger partial charge in [-0.05, 0) is 68.6 Å². The van der Waals surface area contributed by atoms with E-state index in [1.54, 1.807) is 0 Å². The summed E-state index contributed by atoms with van der Waals surface area (Å²) < 4.78 is 0. The molecule has 1 N–H and O–H groups in total. The summed E-state index contributed by atoms with van der Waals surface area (Å²) in [6.45, 7) is 5.61. The molecule has 134 valence electrons. The minimum Gasteiger partial charge on any atom is -0.320 e. The second-order valence-electron chi connectivity index (χ2n) is 7.23. The maximum absolute atomic E-state index is 12.3. The summed E-state index contributed by atoms with van der Waals surface area (Å²) in [5.41, 5.74) is 5.51. The number of rotatable bonds is 4. The van der Waals surface area contributed by atoms with E-state index in [9.17, 15) is 4.79 Å². The highest BCUT2D eigenvalue weighted by Gasteiger charge is 2.27. The number of carbonyl (C=O) groups excluding carboxylic acids is 1. The van der Waals surface area contributed by atoms with Crippen LogP contribution in [0.15, 0.2) is 47.5 Å². The van der Waals surface area contributed by atoms with Gasteiger partial charge < -0.3 is 10.2 Å². The van der Waals surface area contributed by atoms with Gasteiger partial charge in [-0.25, -0.2) is 4.99 Å². The van der Waals surface area contributed by atoms with Gasteiger partial charge in [-0.2, -0.15) is 0 Å². The number of fused-ring (bicyclic) bond motifs is 1. The molecule has 4 nitrogen and oxygen atoms in total. The van der Waals surface area contributed by atoms with Crippen LogP contribution in [-0.4, -0.2) is 36.2 Å². The van der Waals surface area contributed by atoms with Crippen molar-refractivity contribution in [3.05, 3.63) is 59.2 Å². The summed E-state index contributed by atoms with van der Waals surface area (Å²) in [4.78, 5) is 19.5. The van der Waals surface area contributed by atoms with Gasteiger partial charge in [0.25, 0.3) is 5.91 Å². The predicted octanol–water partition coefficient (Wildman–Crippen LogP) is 4.10. The second kappa shape index (κ2) is 7.42. The van der Waals surface area contributed by atoms with Crippen molar-refractivity contribution < 1.29 is 4.79 Å². The van der Waals surface area contributed by atoms with Gasteiger partial charge >= 0.3 is 0 Å². The Morgan fingerprint density at radius 2 is 1.81 bits per heavy atom. The zero-order valence-corrected chi connectivity index (χ0v) is 15.3. The Balaban J connectivity index is 1.48. The summed E-state index contributed by atoms with van der Waals surface area (Å²) in [6.07, 6.45) is 5.11. The number of hydrogen-bond acceptors (Lipinski definition) is 3. The molecular weight excluding hydrogens is 322 g/mol. The van der Waals surface area contributed by atoms with Gasteiger partial charge in [0.15, 0.2) is 0 Å². The number of benzene rings is 2. The van der Waals surface area contributed by atoms with Crippen molar-refractivity contribution in [2.24, 2.45) is 4.99 Å². The highest BCUT2D eigenvalue weighted by molar-refractivity contribution is 6.54. The number of anilines is 1. The molecule has 4 rings (SSSR count). The number of hydrogen-bond donors (Lipinski definition) is 1. The fraction of sp³-hybridized carbons (Fsp3) is 0.364. The molecule has 2 aromatic carbocycles. The summed E-state index contributed by atoms with van der Waals surface area (Å²) in [5.74, 6) is -0.122. The highest BCUT2D eigenvalue weighted by atomic mass is 16.2. The Morgan fingerprint density at radius 1 is 1.04 bits per heavy atom. The lowest BCUT2D eigenvalue weighted by Crippen LogP contribution is -2.31. The first-order chi connectivity index (χ1) is 12.7. The SMILES string of the molecule is Cc1cccc2c1C(=Nc1ccc(CCN3CCCCC3)cc1)C(=O)N2. The lowest BCUT2D eigenvalue weighted by atomic mass is 10.0. The number of likely N-dealkylation sites (tertiary alicyclic amines) is 1. The van der Waals surface area contributed by atoms with Crippen LogP contribution in [0.25, 0.3) is 0 Å². The maximum atomic E-state index is 12.3. The van der Waals surface area contributed by atoms with E-state index in [0.717, 1.165) is 35.5 Å². The monoisotopic (exact) mass is 347 g/mol. The zero-order chi connectivity index (χ0) is 17.9. The van der Waals surface area contributed by atoms with Crippen LogP contribution in [0.4, 0.5) is 11.4 Å². The van der Waals surface area contributed by atoms with Crippen molar-refractivity contribution >= 4 is 23.0 Å². The number of nitrogens with one attached hydrogen (secondary N) is 1.